The molecule has 0 saturated carbocycles. The molecule has 0 amide bonds. The molecule has 1 atom stereocenters. The fourth-order valence-corrected chi connectivity index (χ4v) is 2.55. The number of unbranched alkanes of at least 4 members (excludes halogenated alkanes) is 6. The Morgan fingerprint density at radius 1 is 0.750 bits per heavy atom. The van der Waals surface area contributed by atoms with E-state index in [4.69, 9.17) is 0 Å². The molecule has 0 heterocycles. The number of hydrogen-bond acceptors (Lipinski definition) is 0. The molecule has 0 saturated heterocycles. The molecule has 0 rings (SSSR count). The van der Waals surface area contributed by atoms with Gasteiger partial charge in [0.1, 0.15) is 0 Å². The van der Waals surface area contributed by atoms with E-state index in [0.717, 1.165) is 11.8 Å². The van der Waals surface area contributed by atoms with E-state index >= 15 is 0 Å². The Kier molecular flexibility index (Phi) is 11.5. The van der Waals surface area contributed by atoms with Crippen molar-refractivity contribution in [3.05, 3.63) is 0 Å². The van der Waals surface area contributed by atoms with Gasteiger partial charge in [-0.3, -0.25) is 0 Å². The van der Waals surface area contributed by atoms with Gasteiger partial charge in [-0.1, -0.05) is 85.5 Å². The van der Waals surface area contributed by atoms with E-state index in [1.807, 2.05) is 0 Å². The van der Waals surface area contributed by atoms with E-state index in [-0.39, 0.29) is 0 Å². The van der Waals surface area contributed by atoms with Gasteiger partial charge in [-0.25, -0.2) is 0 Å². The third kappa shape index (κ3) is 10.5. The van der Waals surface area contributed by atoms with E-state index in [0.29, 0.717) is 0 Å². The molecule has 0 aromatic rings. The molecular weight excluding hydrogens is 192 g/mol. The van der Waals surface area contributed by atoms with E-state index in [2.05, 4.69) is 27.7 Å². The van der Waals surface area contributed by atoms with Crippen LogP contribution in [0, 0.1) is 11.8 Å². The lowest BCUT2D eigenvalue weighted by atomic mass is 9.90. The van der Waals surface area contributed by atoms with Crippen LogP contribution in [-0.2, 0) is 0 Å². The largest absolute Gasteiger partial charge is 0.0654 e. The normalized spacial score (nSPS) is 13.3. The van der Waals surface area contributed by atoms with Gasteiger partial charge in [0.05, 0.1) is 0 Å². The van der Waals surface area contributed by atoms with Crippen molar-refractivity contribution in [3.8, 4) is 0 Å². The molecule has 98 valence electrons. The molecule has 0 fully saturated rings. The van der Waals surface area contributed by atoms with Crippen LogP contribution in [0.4, 0.5) is 0 Å². The molecular formula is C16H34. The van der Waals surface area contributed by atoms with Crippen molar-refractivity contribution >= 4 is 0 Å². The van der Waals surface area contributed by atoms with Crippen molar-refractivity contribution in [2.24, 2.45) is 11.8 Å². The maximum absolute atomic E-state index is 2.36. The van der Waals surface area contributed by atoms with Gasteiger partial charge in [0, 0.05) is 0 Å². The van der Waals surface area contributed by atoms with Crippen LogP contribution in [-0.4, -0.2) is 0 Å². The fraction of sp³-hybridized carbons (Fsp3) is 1.00. The summed E-state index contributed by atoms with van der Waals surface area (Å²) in [6, 6.07) is 0. The zero-order valence-electron chi connectivity index (χ0n) is 12.2. The topological polar surface area (TPSA) is 0 Å². The third-order valence-electron chi connectivity index (χ3n) is 3.60. The fourth-order valence-electron chi connectivity index (χ4n) is 2.55. The molecule has 1 unspecified atom stereocenters. The van der Waals surface area contributed by atoms with Crippen molar-refractivity contribution in [1.29, 1.82) is 0 Å². The first kappa shape index (κ1) is 16.0. The highest BCUT2D eigenvalue weighted by Gasteiger charge is 2.07. The second-order valence-electron chi connectivity index (χ2n) is 5.81. The highest BCUT2D eigenvalue weighted by molar-refractivity contribution is 4.60. The van der Waals surface area contributed by atoms with Gasteiger partial charge in [0.15, 0.2) is 0 Å². The molecule has 0 aromatic heterocycles. The summed E-state index contributed by atoms with van der Waals surface area (Å²) in [7, 11) is 0. The molecule has 16 heavy (non-hydrogen) atoms. The van der Waals surface area contributed by atoms with Crippen LogP contribution >= 0.6 is 0 Å². The summed E-state index contributed by atoms with van der Waals surface area (Å²) in [5.74, 6) is 1.88. The smallest absolute Gasteiger partial charge is 0.0414 e. The minimum atomic E-state index is 0.884. The Bertz CT molecular complexity index is 126. The summed E-state index contributed by atoms with van der Waals surface area (Å²) >= 11 is 0. The maximum atomic E-state index is 2.36. The van der Waals surface area contributed by atoms with Gasteiger partial charge in [-0.05, 0) is 18.3 Å². The van der Waals surface area contributed by atoms with Crippen molar-refractivity contribution in [3.63, 3.8) is 0 Å². The number of rotatable bonds is 11. The Morgan fingerprint density at radius 3 is 1.81 bits per heavy atom. The zero-order valence-corrected chi connectivity index (χ0v) is 12.2. The van der Waals surface area contributed by atoms with Crippen LogP contribution in [0.3, 0.4) is 0 Å². The van der Waals surface area contributed by atoms with Crippen LogP contribution in [0.1, 0.15) is 91.9 Å². The number of hydrogen-bond donors (Lipinski definition) is 0. The Labute approximate surface area is 104 Å². The minimum absolute atomic E-state index is 0.884. The van der Waals surface area contributed by atoms with Crippen LogP contribution in [0.5, 0.6) is 0 Å². The van der Waals surface area contributed by atoms with E-state index in [1.54, 1.807) is 0 Å². The van der Waals surface area contributed by atoms with Gasteiger partial charge < -0.3 is 0 Å². The maximum Gasteiger partial charge on any atom is -0.0414 e. The first-order valence-electron chi connectivity index (χ1n) is 7.70. The van der Waals surface area contributed by atoms with Crippen LogP contribution in [0.15, 0.2) is 0 Å². The summed E-state index contributed by atoms with van der Waals surface area (Å²) in [6.45, 7) is 9.35. The van der Waals surface area contributed by atoms with Crippen LogP contribution in [0.25, 0.3) is 0 Å². The molecule has 0 aromatic carbocycles. The Balaban J connectivity index is 3.27. The van der Waals surface area contributed by atoms with Crippen molar-refractivity contribution in [1.82, 2.24) is 0 Å². The summed E-state index contributed by atoms with van der Waals surface area (Å²) in [6.07, 6.45) is 14.4. The average molecular weight is 226 g/mol. The molecule has 0 aliphatic heterocycles. The highest BCUT2D eigenvalue weighted by atomic mass is 14.1. The standard InChI is InChI=1S/C16H34/c1-5-7-8-9-10-11-12-13-16(6-2)14-15(3)4/h15-16H,5-14H2,1-4H3. The first-order valence-corrected chi connectivity index (χ1v) is 7.70. The predicted octanol–water partition coefficient (Wildman–Crippen LogP) is 6.20. The molecule has 0 radical (unpaired) electrons. The quantitative estimate of drug-likeness (QED) is 0.368. The first-order chi connectivity index (χ1) is 7.70. The summed E-state index contributed by atoms with van der Waals surface area (Å²) in [5, 5.41) is 0. The summed E-state index contributed by atoms with van der Waals surface area (Å²) in [4.78, 5) is 0. The van der Waals surface area contributed by atoms with Crippen molar-refractivity contribution in [2.45, 2.75) is 91.9 Å². The van der Waals surface area contributed by atoms with Crippen molar-refractivity contribution in [2.75, 3.05) is 0 Å². The summed E-state index contributed by atoms with van der Waals surface area (Å²) in [5.41, 5.74) is 0. The molecule has 0 spiro atoms. The third-order valence-corrected chi connectivity index (χ3v) is 3.60. The lowest BCUT2D eigenvalue weighted by Gasteiger charge is -2.16. The highest BCUT2D eigenvalue weighted by Crippen LogP contribution is 2.22. The van der Waals surface area contributed by atoms with E-state index in [1.165, 1.54) is 64.2 Å². The lowest BCUT2D eigenvalue weighted by molar-refractivity contribution is 0.361. The Morgan fingerprint density at radius 2 is 1.31 bits per heavy atom. The molecule has 0 aliphatic rings. The van der Waals surface area contributed by atoms with Gasteiger partial charge >= 0.3 is 0 Å². The lowest BCUT2D eigenvalue weighted by Crippen LogP contribution is -2.03. The predicted molar refractivity (Wildman–Crippen MR) is 75.8 cm³/mol. The molecule has 0 N–H and O–H groups in total. The summed E-state index contributed by atoms with van der Waals surface area (Å²) < 4.78 is 0. The average Bonchev–Trinajstić information content (AvgIpc) is 2.25. The van der Waals surface area contributed by atoms with Crippen LogP contribution in [0.2, 0.25) is 0 Å². The zero-order chi connectivity index (χ0) is 12.2. The van der Waals surface area contributed by atoms with E-state index < -0.39 is 0 Å². The molecule has 0 bridgehead atoms. The van der Waals surface area contributed by atoms with Crippen LogP contribution < -0.4 is 0 Å². The SMILES string of the molecule is CCCCCCCCCC(CC)CC(C)C. The molecule has 0 heteroatoms. The second kappa shape index (κ2) is 11.5. The van der Waals surface area contributed by atoms with Gasteiger partial charge in [-0.15, -0.1) is 0 Å². The van der Waals surface area contributed by atoms with Gasteiger partial charge in [0.25, 0.3) is 0 Å². The minimum Gasteiger partial charge on any atom is -0.0654 e. The van der Waals surface area contributed by atoms with Crippen molar-refractivity contribution < 1.29 is 0 Å². The molecule has 0 nitrogen and oxygen atoms in total. The second-order valence-corrected chi connectivity index (χ2v) is 5.81. The van der Waals surface area contributed by atoms with Gasteiger partial charge in [-0.2, -0.15) is 0 Å². The van der Waals surface area contributed by atoms with E-state index in [9.17, 15) is 0 Å². The molecule has 0 aliphatic carbocycles. The Hall–Kier alpha value is 0. The van der Waals surface area contributed by atoms with Gasteiger partial charge in [0.2, 0.25) is 0 Å². The monoisotopic (exact) mass is 226 g/mol.